The SMILES string of the molecule is CC(C)(C)OC(=O)N1CC2C[C@@H](Nc3ccc(-c4cnccc4C(F)(F)F)nn3)C[C@]2(C)C1. The summed E-state index contributed by atoms with van der Waals surface area (Å²) in [6.45, 7) is 9.03. The summed E-state index contributed by atoms with van der Waals surface area (Å²) in [5, 5.41) is 11.5. The Hall–Kier alpha value is -2.91. The number of halogens is 3. The van der Waals surface area contributed by atoms with Gasteiger partial charge in [-0.15, -0.1) is 10.2 Å². The Balaban J connectivity index is 1.39. The van der Waals surface area contributed by atoms with Gasteiger partial charge < -0.3 is 15.0 Å². The van der Waals surface area contributed by atoms with Crippen molar-refractivity contribution in [2.75, 3.05) is 18.4 Å². The molecule has 33 heavy (non-hydrogen) atoms. The molecule has 3 atom stereocenters. The molecule has 0 radical (unpaired) electrons. The molecule has 0 aromatic carbocycles. The molecule has 1 N–H and O–H groups in total. The van der Waals surface area contributed by atoms with Crippen molar-refractivity contribution in [2.45, 2.75) is 58.4 Å². The maximum Gasteiger partial charge on any atom is 0.417 e. The predicted molar refractivity (Wildman–Crippen MR) is 116 cm³/mol. The molecule has 178 valence electrons. The molecular formula is C23H28F3N5O2. The number of nitrogens with zero attached hydrogens (tertiary/aromatic N) is 4. The van der Waals surface area contributed by atoms with Gasteiger partial charge in [-0.25, -0.2) is 4.79 Å². The molecule has 1 aliphatic carbocycles. The van der Waals surface area contributed by atoms with E-state index in [4.69, 9.17) is 4.74 Å². The monoisotopic (exact) mass is 463 g/mol. The van der Waals surface area contributed by atoms with Gasteiger partial charge in [0.2, 0.25) is 0 Å². The second kappa shape index (κ2) is 8.14. The lowest BCUT2D eigenvalue weighted by molar-refractivity contribution is -0.137. The van der Waals surface area contributed by atoms with Gasteiger partial charge >= 0.3 is 12.3 Å². The molecule has 0 bridgehead atoms. The number of hydrogen-bond acceptors (Lipinski definition) is 6. The number of hydrogen-bond donors (Lipinski definition) is 1. The van der Waals surface area contributed by atoms with Crippen molar-refractivity contribution in [3.8, 4) is 11.3 Å². The number of anilines is 1. The Labute approximate surface area is 190 Å². The van der Waals surface area contributed by atoms with E-state index in [1.54, 1.807) is 11.0 Å². The molecule has 2 aliphatic rings. The lowest BCUT2D eigenvalue weighted by atomic mass is 9.83. The summed E-state index contributed by atoms with van der Waals surface area (Å²) in [6.07, 6.45) is -0.813. The van der Waals surface area contributed by atoms with Crippen LogP contribution in [0.15, 0.2) is 30.6 Å². The van der Waals surface area contributed by atoms with Crippen LogP contribution in [0.2, 0.25) is 0 Å². The lowest BCUT2D eigenvalue weighted by Crippen LogP contribution is -2.37. The molecule has 7 nitrogen and oxygen atoms in total. The number of aromatic nitrogens is 3. The summed E-state index contributed by atoms with van der Waals surface area (Å²) in [6, 6.07) is 4.23. The summed E-state index contributed by atoms with van der Waals surface area (Å²) in [5.74, 6) is 0.841. The van der Waals surface area contributed by atoms with E-state index in [1.165, 1.54) is 6.07 Å². The van der Waals surface area contributed by atoms with E-state index < -0.39 is 17.3 Å². The van der Waals surface area contributed by atoms with Crippen molar-refractivity contribution in [1.82, 2.24) is 20.1 Å². The second-order valence-electron chi connectivity index (χ2n) is 10.2. The van der Waals surface area contributed by atoms with Crippen molar-refractivity contribution in [1.29, 1.82) is 0 Å². The summed E-state index contributed by atoms with van der Waals surface area (Å²) in [7, 11) is 0. The fourth-order valence-corrected chi connectivity index (χ4v) is 4.88. The van der Waals surface area contributed by atoms with E-state index in [0.717, 1.165) is 31.3 Å². The minimum absolute atomic E-state index is 0.0285. The topological polar surface area (TPSA) is 80.2 Å². The van der Waals surface area contributed by atoms with E-state index >= 15 is 0 Å². The number of carbonyl (C=O) groups is 1. The first kappa shape index (κ1) is 23.3. The molecule has 3 heterocycles. The van der Waals surface area contributed by atoms with Crippen molar-refractivity contribution >= 4 is 11.9 Å². The smallest absolute Gasteiger partial charge is 0.417 e. The average molecular weight is 464 g/mol. The van der Waals surface area contributed by atoms with Crippen LogP contribution in [0.5, 0.6) is 0 Å². The van der Waals surface area contributed by atoms with Crippen molar-refractivity contribution < 1.29 is 22.7 Å². The highest BCUT2D eigenvalue weighted by atomic mass is 19.4. The van der Waals surface area contributed by atoms with E-state index in [0.29, 0.717) is 24.8 Å². The van der Waals surface area contributed by atoms with Gasteiger partial charge in [-0.1, -0.05) is 6.92 Å². The molecule has 1 unspecified atom stereocenters. The second-order valence-corrected chi connectivity index (χ2v) is 10.2. The molecule has 1 amide bonds. The lowest BCUT2D eigenvalue weighted by Gasteiger charge is -2.27. The molecule has 1 saturated carbocycles. The zero-order valence-electron chi connectivity index (χ0n) is 19.1. The Bertz CT molecular complexity index is 1020. The van der Waals surface area contributed by atoms with Gasteiger partial charge in [0.15, 0.2) is 0 Å². The van der Waals surface area contributed by atoms with Crippen LogP contribution in [-0.4, -0.2) is 50.9 Å². The number of fused-ring (bicyclic) bond motifs is 1. The minimum Gasteiger partial charge on any atom is -0.444 e. The van der Waals surface area contributed by atoms with Gasteiger partial charge in [0.05, 0.1) is 11.3 Å². The number of amides is 1. The van der Waals surface area contributed by atoms with Crippen molar-refractivity contribution in [3.05, 3.63) is 36.2 Å². The predicted octanol–water partition coefficient (Wildman–Crippen LogP) is 5.00. The third-order valence-corrected chi connectivity index (χ3v) is 6.33. The van der Waals surface area contributed by atoms with Gasteiger partial charge in [-0.2, -0.15) is 13.2 Å². The van der Waals surface area contributed by atoms with Gasteiger partial charge in [-0.3, -0.25) is 4.98 Å². The zero-order valence-corrected chi connectivity index (χ0v) is 19.1. The van der Waals surface area contributed by atoms with E-state index in [-0.39, 0.29) is 28.8 Å². The summed E-state index contributed by atoms with van der Waals surface area (Å²) >= 11 is 0. The highest BCUT2D eigenvalue weighted by molar-refractivity contribution is 5.69. The molecule has 2 fully saturated rings. The van der Waals surface area contributed by atoms with E-state index in [9.17, 15) is 18.0 Å². The van der Waals surface area contributed by atoms with Crippen LogP contribution < -0.4 is 5.32 Å². The quantitative estimate of drug-likeness (QED) is 0.690. The molecule has 0 spiro atoms. The van der Waals surface area contributed by atoms with E-state index in [2.05, 4.69) is 27.4 Å². The fraction of sp³-hybridized carbons (Fsp3) is 0.565. The van der Waals surface area contributed by atoms with Crippen LogP contribution >= 0.6 is 0 Å². The van der Waals surface area contributed by atoms with Gasteiger partial charge in [0.1, 0.15) is 11.4 Å². The summed E-state index contributed by atoms with van der Waals surface area (Å²) in [5.41, 5.74) is -1.34. The Morgan fingerprint density at radius 2 is 1.97 bits per heavy atom. The molecule has 10 heteroatoms. The number of rotatable bonds is 3. The zero-order chi connectivity index (χ0) is 24.0. The number of carbonyl (C=O) groups excluding carboxylic acids is 1. The minimum atomic E-state index is -4.50. The normalized spacial score (nSPS) is 25.1. The number of pyridine rings is 1. The van der Waals surface area contributed by atoms with Gasteiger partial charge in [-0.05, 0) is 63.1 Å². The number of nitrogens with one attached hydrogen (secondary N) is 1. The summed E-state index contributed by atoms with van der Waals surface area (Å²) in [4.78, 5) is 18.0. The van der Waals surface area contributed by atoms with Crippen LogP contribution in [0, 0.1) is 11.3 Å². The van der Waals surface area contributed by atoms with Crippen LogP contribution in [0.1, 0.15) is 46.1 Å². The Morgan fingerprint density at radius 1 is 1.21 bits per heavy atom. The molecular weight excluding hydrogens is 435 g/mol. The molecule has 4 rings (SSSR count). The standard InChI is InChI=1S/C23H28F3N5O2/c1-21(2,3)33-20(32)31-12-14-9-15(10-22(14,4)13-31)28-19-6-5-18(29-30-19)16-11-27-8-7-17(16)23(24,25)26/h5-8,11,14-15H,9-10,12-13H2,1-4H3,(H,28,30)/t14?,15-,22-/m1/s1. The fourth-order valence-electron chi connectivity index (χ4n) is 4.88. The maximum atomic E-state index is 13.3. The van der Waals surface area contributed by atoms with Crippen molar-refractivity contribution in [2.24, 2.45) is 11.3 Å². The molecule has 1 saturated heterocycles. The van der Waals surface area contributed by atoms with Crippen LogP contribution in [0.4, 0.5) is 23.8 Å². The maximum absolute atomic E-state index is 13.3. The van der Waals surface area contributed by atoms with Crippen LogP contribution in [-0.2, 0) is 10.9 Å². The van der Waals surface area contributed by atoms with E-state index in [1.807, 2.05) is 20.8 Å². The number of alkyl halides is 3. The first-order valence-corrected chi connectivity index (χ1v) is 10.9. The Kier molecular flexibility index (Phi) is 5.74. The van der Waals surface area contributed by atoms with Crippen LogP contribution in [0.25, 0.3) is 11.3 Å². The highest BCUT2D eigenvalue weighted by Gasteiger charge is 2.51. The number of ether oxygens (including phenoxy) is 1. The third-order valence-electron chi connectivity index (χ3n) is 6.33. The first-order valence-electron chi connectivity index (χ1n) is 10.9. The molecule has 2 aromatic heterocycles. The van der Waals surface area contributed by atoms with Gasteiger partial charge in [0, 0.05) is 37.1 Å². The first-order chi connectivity index (χ1) is 15.3. The van der Waals surface area contributed by atoms with Crippen molar-refractivity contribution in [3.63, 3.8) is 0 Å². The van der Waals surface area contributed by atoms with Crippen LogP contribution in [0.3, 0.4) is 0 Å². The molecule has 1 aliphatic heterocycles. The Morgan fingerprint density at radius 3 is 2.58 bits per heavy atom. The number of likely N-dealkylation sites (tertiary alicyclic amines) is 1. The van der Waals surface area contributed by atoms with Gasteiger partial charge in [0.25, 0.3) is 0 Å². The average Bonchev–Trinajstić information content (AvgIpc) is 3.18. The summed E-state index contributed by atoms with van der Waals surface area (Å²) < 4.78 is 45.3. The highest BCUT2D eigenvalue weighted by Crippen LogP contribution is 2.49. The largest absolute Gasteiger partial charge is 0.444 e. The third kappa shape index (κ3) is 5.04. The molecule has 2 aromatic rings.